The number of ether oxygens (including phenoxy) is 3. The summed E-state index contributed by atoms with van der Waals surface area (Å²) in [5.74, 6) is -2.71. The lowest BCUT2D eigenvalue weighted by molar-refractivity contribution is -0.135. The number of methoxy groups -OCH3 is 3. The maximum Gasteiger partial charge on any atom is 0.356 e. The summed E-state index contributed by atoms with van der Waals surface area (Å²) in [6.07, 6.45) is 1.11. The van der Waals surface area contributed by atoms with Gasteiger partial charge in [-0.2, -0.15) is 0 Å². The van der Waals surface area contributed by atoms with Crippen LogP contribution in [0.2, 0.25) is 0 Å². The Hall–Kier alpha value is -3.38. The Morgan fingerprint density at radius 3 is 2.26 bits per heavy atom. The van der Waals surface area contributed by atoms with Gasteiger partial charge in [-0.15, -0.1) is 0 Å². The number of para-hydroxylation sites is 1. The summed E-state index contributed by atoms with van der Waals surface area (Å²) >= 11 is 1.85. The van der Waals surface area contributed by atoms with Crippen molar-refractivity contribution in [1.29, 1.82) is 0 Å². The van der Waals surface area contributed by atoms with E-state index >= 15 is 0 Å². The molecule has 2 heterocycles. The van der Waals surface area contributed by atoms with Gasteiger partial charge in [-0.3, -0.25) is 9.36 Å². The zero-order valence-electron chi connectivity index (χ0n) is 16.6. The number of amides is 1. The number of hydrogen-bond donors (Lipinski definition) is 1. The van der Waals surface area contributed by atoms with E-state index in [0.29, 0.717) is 5.69 Å². The van der Waals surface area contributed by atoms with Crippen molar-refractivity contribution in [3.05, 3.63) is 56.7 Å². The molecule has 0 aliphatic carbocycles. The smallest absolute Gasteiger partial charge is 0.356 e. The lowest BCUT2D eigenvalue weighted by atomic mass is 10.3. The van der Waals surface area contributed by atoms with Crippen molar-refractivity contribution in [2.75, 3.05) is 21.3 Å². The highest BCUT2D eigenvalue weighted by molar-refractivity contribution is 8.04. The average molecular weight is 463 g/mol. The Morgan fingerprint density at radius 1 is 1.00 bits per heavy atom. The number of nitrogens with one attached hydrogen (secondary N) is 1. The first-order valence-electron chi connectivity index (χ1n) is 8.68. The van der Waals surface area contributed by atoms with Crippen molar-refractivity contribution in [1.82, 2.24) is 9.88 Å². The van der Waals surface area contributed by atoms with Crippen LogP contribution in [-0.2, 0) is 23.8 Å². The molecular formula is C19H17N3O7S2. The summed E-state index contributed by atoms with van der Waals surface area (Å²) in [4.78, 5) is 53.5. The molecule has 2 aromatic rings. The Morgan fingerprint density at radius 2 is 1.65 bits per heavy atom. The molecule has 1 amide bonds. The van der Waals surface area contributed by atoms with Gasteiger partial charge >= 0.3 is 17.9 Å². The van der Waals surface area contributed by atoms with Gasteiger partial charge in [0.15, 0.2) is 16.0 Å². The third kappa shape index (κ3) is 4.70. The fourth-order valence-electron chi connectivity index (χ4n) is 2.63. The fourth-order valence-corrected chi connectivity index (χ4v) is 4.68. The molecule has 1 aliphatic rings. The van der Waals surface area contributed by atoms with E-state index in [9.17, 15) is 19.2 Å². The minimum atomic E-state index is -0.906. The molecule has 1 aliphatic heterocycles. The lowest BCUT2D eigenvalue weighted by Crippen LogP contribution is -2.36. The average Bonchev–Trinajstić information content (AvgIpc) is 3.16. The third-order valence-electron chi connectivity index (χ3n) is 3.97. The number of benzene rings is 1. The summed E-state index contributed by atoms with van der Waals surface area (Å²) in [5.41, 5.74) is -0.444. The topological polar surface area (TPSA) is 125 Å². The van der Waals surface area contributed by atoms with Crippen LogP contribution in [0, 0.1) is 0 Å². The van der Waals surface area contributed by atoms with Gasteiger partial charge in [-0.25, -0.2) is 19.4 Å². The first kappa shape index (κ1) is 22.3. The van der Waals surface area contributed by atoms with E-state index < -0.39 is 29.3 Å². The Bertz CT molecular complexity index is 1140. The summed E-state index contributed by atoms with van der Waals surface area (Å²) < 4.78 is 15.8. The van der Waals surface area contributed by atoms with Crippen LogP contribution in [0.15, 0.2) is 46.3 Å². The fraction of sp³-hybridized carbons (Fsp3) is 0.211. The predicted molar refractivity (Wildman–Crippen MR) is 112 cm³/mol. The van der Waals surface area contributed by atoms with E-state index in [0.717, 1.165) is 29.2 Å². The van der Waals surface area contributed by atoms with Gasteiger partial charge in [-0.1, -0.05) is 41.3 Å². The van der Waals surface area contributed by atoms with Crippen LogP contribution in [0.4, 0.5) is 0 Å². The highest BCUT2D eigenvalue weighted by atomic mass is 32.2. The standard InChI is InChI=1S/C19H17N3O7S2/c1-27-15(24)11-9-12(23)20-18(30-11)21-19-22(10-7-5-4-6-8-10)13(16(25)28-2)14(31-19)17(26)29-3/h4-9,18H,1-3H3,(H,20,23)/b21-19+. The monoisotopic (exact) mass is 463 g/mol. The largest absolute Gasteiger partial charge is 0.465 e. The van der Waals surface area contributed by atoms with Gasteiger partial charge in [-0.05, 0) is 12.1 Å². The van der Waals surface area contributed by atoms with Crippen molar-refractivity contribution in [3.8, 4) is 5.69 Å². The molecule has 1 N–H and O–H groups in total. The molecule has 10 nitrogen and oxygen atoms in total. The Labute approximate surface area is 184 Å². The van der Waals surface area contributed by atoms with Crippen LogP contribution in [0.5, 0.6) is 0 Å². The van der Waals surface area contributed by atoms with E-state index in [1.807, 2.05) is 0 Å². The van der Waals surface area contributed by atoms with Gasteiger partial charge in [0.2, 0.25) is 5.91 Å². The van der Waals surface area contributed by atoms with Crippen molar-refractivity contribution in [2.24, 2.45) is 4.99 Å². The Kier molecular flexibility index (Phi) is 6.92. The number of thioether (sulfide) groups is 1. The second-order valence-electron chi connectivity index (χ2n) is 5.82. The molecule has 12 heteroatoms. The van der Waals surface area contributed by atoms with Gasteiger partial charge in [0, 0.05) is 11.8 Å². The number of carbonyl (C=O) groups is 4. The molecule has 0 radical (unpaired) electrons. The quantitative estimate of drug-likeness (QED) is 0.518. The van der Waals surface area contributed by atoms with Gasteiger partial charge < -0.3 is 19.5 Å². The molecule has 1 atom stereocenters. The Balaban J connectivity index is 2.22. The molecule has 162 valence electrons. The van der Waals surface area contributed by atoms with Gasteiger partial charge in [0.25, 0.3) is 0 Å². The van der Waals surface area contributed by atoms with E-state index in [4.69, 9.17) is 9.47 Å². The summed E-state index contributed by atoms with van der Waals surface area (Å²) in [6, 6.07) is 8.71. The zero-order chi connectivity index (χ0) is 22.5. The summed E-state index contributed by atoms with van der Waals surface area (Å²) in [5, 5.41) is 2.60. The van der Waals surface area contributed by atoms with Crippen molar-refractivity contribution in [2.45, 2.75) is 5.50 Å². The molecule has 0 saturated heterocycles. The SMILES string of the molecule is COC(=O)C1=CC(=O)NC(/N=c2/sc(C(=O)OC)c(C(=O)OC)n2-c2ccccc2)S1. The first-order valence-corrected chi connectivity index (χ1v) is 10.4. The van der Waals surface area contributed by atoms with E-state index in [1.54, 1.807) is 30.3 Å². The van der Waals surface area contributed by atoms with E-state index in [-0.39, 0.29) is 20.3 Å². The third-order valence-corrected chi connectivity index (χ3v) is 5.99. The molecule has 3 rings (SSSR count). The predicted octanol–water partition coefficient (Wildman–Crippen LogP) is 1.22. The maximum absolute atomic E-state index is 12.6. The molecule has 0 spiro atoms. The molecule has 31 heavy (non-hydrogen) atoms. The first-order chi connectivity index (χ1) is 14.9. The number of hydrogen-bond acceptors (Lipinski definition) is 10. The highest BCUT2D eigenvalue weighted by Gasteiger charge is 2.29. The molecule has 1 aromatic carbocycles. The molecular weight excluding hydrogens is 446 g/mol. The normalized spacial score (nSPS) is 16.2. The van der Waals surface area contributed by atoms with Crippen LogP contribution >= 0.6 is 23.1 Å². The molecule has 1 unspecified atom stereocenters. The van der Waals surface area contributed by atoms with Crippen LogP contribution in [0.3, 0.4) is 0 Å². The maximum atomic E-state index is 12.6. The molecule has 0 bridgehead atoms. The number of carbonyl (C=O) groups excluding carboxylic acids is 4. The second kappa shape index (κ2) is 9.62. The van der Waals surface area contributed by atoms with Crippen LogP contribution in [-0.4, -0.2) is 55.2 Å². The second-order valence-corrected chi connectivity index (χ2v) is 7.92. The lowest BCUT2D eigenvalue weighted by Gasteiger charge is -2.18. The van der Waals surface area contributed by atoms with Gasteiger partial charge in [0.05, 0.1) is 21.3 Å². The van der Waals surface area contributed by atoms with Crippen molar-refractivity contribution < 1.29 is 33.4 Å². The molecule has 0 fully saturated rings. The highest BCUT2D eigenvalue weighted by Crippen LogP contribution is 2.26. The van der Waals surface area contributed by atoms with Crippen LogP contribution < -0.4 is 10.1 Å². The number of nitrogens with zero attached hydrogens (tertiary/aromatic N) is 2. The van der Waals surface area contributed by atoms with E-state index in [2.05, 4.69) is 15.0 Å². The minimum absolute atomic E-state index is 0.0205. The number of thiazole rings is 1. The summed E-state index contributed by atoms with van der Waals surface area (Å²) in [6.45, 7) is 0. The van der Waals surface area contributed by atoms with Crippen molar-refractivity contribution >= 4 is 46.9 Å². The van der Waals surface area contributed by atoms with Crippen molar-refractivity contribution in [3.63, 3.8) is 0 Å². The van der Waals surface area contributed by atoms with Crippen LogP contribution in [0.25, 0.3) is 5.69 Å². The van der Waals surface area contributed by atoms with Gasteiger partial charge in [0.1, 0.15) is 9.78 Å². The zero-order valence-corrected chi connectivity index (χ0v) is 18.2. The summed E-state index contributed by atoms with van der Waals surface area (Å²) in [7, 11) is 3.59. The number of rotatable bonds is 5. The number of esters is 3. The molecule has 1 aromatic heterocycles. The van der Waals surface area contributed by atoms with E-state index in [1.165, 1.54) is 25.9 Å². The minimum Gasteiger partial charge on any atom is -0.465 e. The van der Waals surface area contributed by atoms with Crippen LogP contribution in [0.1, 0.15) is 20.2 Å². The molecule has 0 saturated carbocycles. The number of aromatic nitrogens is 1.